The number of piperazine rings is 1. The second-order valence-electron chi connectivity index (χ2n) is 16.2. The SMILES string of the molecule is O=C1CCC(N2C(=O)c3ccc(N4CCN(CC5CCN(c6ccc([C@H]7c8ccc(O)cc8CC[C@H]7c7ccccc7)cc6)CC5)CC4)cc3C2=O)C(=O)C1. The molecule has 9 nitrogen and oxygen atoms in total. The summed E-state index contributed by atoms with van der Waals surface area (Å²) in [5.74, 6) is 0.300. The molecule has 3 aliphatic heterocycles. The lowest BCUT2D eigenvalue weighted by atomic mass is 9.69. The molecular formula is C46H48N4O5. The molecular weight excluding hydrogens is 689 g/mol. The molecule has 1 unspecified atom stereocenters. The Kier molecular flexibility index (Phi) is 9.50. The zero-order valence-corrected chi connectivity index (χ0v) is 31.2. The van der Waals surface area contributed by atoms with Crippen molar-refractivity contribution in [1.82, 2.24) is 9.80 Å². The summed E-state index contributed by atoms with van der Waals surface area (Å²) < 4.78 is 0. The van der Waals surface area contributed by atoms with Crippen LogP contribution in [0.4, 0.5) is 11.4 Å². The van der Waals surface area contributed by atoms with Crippen molar-refractivity contribution < 1.29 is 24.3 Å². The quantitative estimate of drug-likeness (QED) is 0.168. The van der Waals surface area contributed by atoms with E-state index in [1.54, 1.807) is 6.07 Å². The van der Waals surface area contributed by atoms with Crippen LogP contribution >= 0.6 is 0 Å². The van der Waals surface area contributed by atoms with Crippen LogP contribution in [0, 0.1) is 5.92 Å². The van der Waals surface area contributed by atoms with Crippen LogP contribution in [-0.4, -0.2) is 90.1 Å². The maximum absolute atomic E-state index is 13.4. The number of phenols is 1. The van der Waals surface area contributed by atoms with Gasteiger partial charge in [0.15, 0.2) is 5.78 Å². The maximum Gasteiger partial charge on any atom is 0.262 e. The highest BCUT2D eigenvalue weighted by atomic mass is 16.3. The zero-order chi connectivity index (χ0) is 37.6. The molecule has 3 fully saturated rings. The third-order valence-corrected chi connectivity index (χ3v) is 13.0. The first kappa shape index (κ1) is 35.4. The highest BCUT2D eigenvalue weighted by molar-refractivity contribution is 6.24. The molecule has 55 heavy (non-hydrogen) atoms. The number of carbonyl (C=O) groups excluding carboxylic acids is 4. The van der Waals surface area contributed by atoms with E-state index in [1.807, 2.05) is 24.3 Å². The Morgan fingerprint density at radius 1 is 0.618 bits per heavy atom. The lowest BCUT2D eigenvalue weighted by Crippen LogP contribution is -2.49. The molecule has 0 radical (unpaired) electrons. The Morgan fingerprint density at radius 2 is 1.33 bits per heavy atom. The largest absolute Gasteiger partial charge is 0.508 e. The third kappa shape index (κ3) is 6.84. The van der Waals surface area contributed by atoms with Gasteiger partial charge in [0.1, 0.15) is 11.5 Å². The summed E-state index contributed by atoms with van der Waals surface area (Å²) in [7, 11) is 0. The molecule has 2 aliphatic carbocycles. The van der Waals surface area contributed by atoms with E-state index in [2.05, 4.69) is 75.4 Å². The number of hydrogen-bond donors (Lipinski definition) is 1. The zero-order valence-electron chi connectivity index (χ0n) is 31.2. The summed E-state index contributed by atoms with van der Waals surface area (Å²) >= 11 is 0. The molecule has 0 spiro atoms. The summed E-state index contributed by atoms with van der Waals surface area (Å²) in [5, 5.41) is 10.2. The van der Waals surface area contributed by atoms with Crippen molar-refractivity contribution in [3.05, 3.63) is 124 Å². The third-order valence-electron chi connectivity index (χ3n) is 13.0. The second-order valence-corrected chi connectivity index (χ2v) is 16.2. The molecule has 3 heterocycles. The van der Waals surface area contributed by atoms with Crippen LogP contribution in [0.25, 0.3) is 0 Å². The van der Waals surface area contributed by atoms with Gasteiger partial charge in [0.05, 0.1) is 23.6 Å². The molecule has 9 heteroatoms. The summed E-state index contributed by atoms with van der Waals surface area (Å²) in [5.41, 5.74) is 8.19. The van der Waals surface area contributed by atoms with Crippen molar-refractivity contribution in [1.29, 1.82) is 0 Å². The van der Waals surface area contributed by atoms with Crippen LogP contribution < -0.4 is 9.80 Å². The van der Waals surface area contributed by atoms with Crippen LogP contribution in [0.3, 0.4) is 0 Å². The topological polar surface area (TPSA) is 101 Å². The van der Waals surface area contributed by atoms with Crippen LogP contribution in [0.15, 0.2) is 91.0 Å². The lowest BCUT2D eigenvalue weighted by molar-refractivity contribution is -0.132. The van der Waals surface area contributed by atoms with Crippen molar-refractivity contribution in [3.63, 3.8) is 0 Å². The molecule has 1 saturated carbocycles. The van der Waals surface area contributed by atoms with Gasteiger partial charge in [-0.3, -0.25) is 29.0 Å². The number of aryl methyl sites for hydroxylation is 1. The average Bonchev–Trinajstić information content (AvgIpc) is 3.46. The fraction of sp³-hybridized carbons (Fsp3) is 0.391. The van der Waals surface area contributed by atoms with Gasteiger partial charge in [0.25, 0.3) is 11.8 Å². The molecule has 9 rings (SSSR count). The minimum absolute atomic E-state index is 0.130. The van der Waals surface area contributed by atoms with E-state index < -0.39 is 17.9 Å². The van der Waals surface area contributed by atoms with E-state index >= 15 is 0 Å². The lowest BCUT2D eigenvalue weighted by Gasteiger charge is -2.40. The van der Waals surface area contributed by atoms with E-state index in [0.29, 0.717) is 28.7 Å². The molecule has 0 aromatic heterocycles. The Balaban J connectivity index is 0.788. The number of anilines is 2. The molecule has 282 valence electrons. The monoisotopic (exact) mass is 736 g/mol. The Labute approximate surface area is 322 Å². The minimum atomic E-state index is -0.847. The fourth-order valence-corrected chi connectivity index (χ4v) is 9.96. The summed E-state index contributed by atoms with van der Waals surface area (Å²) in [6, 6.07) is 30.7. The van der Waals surface area contributed by atoms with E-state index in [4.69, 9.17) is 0 Å². The van der Waals surface area contributed by atoms with Gasteiger partial charge in [-0.25, -0.2) is 0 Å². The Morgan fingerprint density at radius 3 is 2.07 bits per heavy atom. The number of nitrogens with zero attached hydrogens (tertiary/aromatic N) is 4. The van der Waals surface area contributed by atoms with E-state index in [1.165, 1.54) is 27.9 Å². The number of carbonyl (C=O) groups is 4. The number of benzene rings is 4. The van der Waals surface area contributed by atoms with Gasteiger partial charge in [-0.15, -0.1) is 0 Å². The van der Waals surface area contributed by atoms with E-state index in [-0.39, 0.29) is 36.7 Å². The fourth-order valence-electron chi connectivity index (χ4n) is 9.96. The van der Waals surface area contributed by atoms with E-state index in [9.17, 15) is 24.3 Å². The van der Waals surface area contributed by atoms with E-state index in [0.717, 1.165) is 82.1 Å². The van der Waals surface area contributed by atoms with Crippen molar-refractivity contribution in [3.8, 4) is 5.75 Å². The number of hydrogen-bond acceptors (Lipinski definition) is 8. The van der Waals surface area contributed by atoms with Crippen molar-refractivity contribution in [2.45, 2.75) is 62.8 Å². The van der Waals surface area contributed by atoms with Crippen LogP contribution in [-0.2, 0) is 16.0 Å². The predicted molar refractivity (Wildman–Crippen MR) is 212 cm³/mol. The highest BCUT2D eigenvalue weighted by Gasteiger charge is 2.44. The van der Waals surface area contributed by atoms with Gasteiger partial charge in [-0.05, 0) is 109 Å². The summed E-state index contributed by atoms with van der Waals surface area (Å²) in [4.78, 5) is 59.3. The van der Waals surface area contributed by atoms with Gasteiger partial charge < -0.3 is 14.9 Å². The van der Waals surface area contributed by atoms with Crippen molar-refractivity contribution in [2.75, 3.05) is 55.6 Å². The first-order valence-corrected chi connectivity index (χ1v) is 20.1. The van der Waals surface area contributed by atoms with Gasteiger partial charge in [0, 0.05) is 69.5 Å². The van der Waals surface area contributed by atoms with Gasteiger partial charge in [-0.1, -0.05) is 48.5 Å². The molecule has 4 aromatic carbocycles. The number of amides is 2. The van der Waals surface area contributed by atoms with Gasteiger partial charge >= 0.3 is 0 Å². The molecule has 2 amide bonds. The summed E-state index contributed by atoms with van der Waals surface area (Å²) in [6.07, 6.45) is 4.57. The van der Waals surface area contributed by atoms with Gasteiger partial charge in [-0.2, -0.15) is 0 Å². The normalized spacial score (nSPS) is 23.6. The molecule has 0 bridgehead atoms. The number of imide groups is 1. The number of aromatic hydroxyl groups is 1. The Hall–Kier alpha value is -5.28. The Bertz CT molecular complexity index is 2120. The number of piperidine rings is 1. The minimum Gasteiger partial charge on any atom is -0.508 e. The van der Waals surface area contributed by atoms with Crippen LogP contribution in [0.1, 0.15) is 93.3 Å². The maximum atomic E-state index is 13.4. The first-order chi connectivity index (χ1) is 26.8. The van der Waals surface area contributed by atoms with Crippen LogP contribution in [0.2, 0.25) is 0 Å². The van der Waals surface area contributed by atoms with Crippen LogP contribution in [0.5, 0.6) is 5.75 Å². The molecule has 1 N–H and O–H groups in total. The smallest absolute Gasteiger partial charge is 0.262 e. The first-order valence-electron chi connectivity index (χ1n) is 20.1. The predicted octanol–water partition coefficient (Wildman–Crippen LogP) is 6.58. The average molecular weight is 737 g/mol. The molecule has 3 atom stereocenters. The molecule has 4 aromatic rings. The van der Waals surface area contributed by atoms with Gasteiger partial charge in [0.2, 0.25) is 0 Å². The second kappa shape index (κ2) is 14.8. The number of Topliss-reactive ketones (excluding diaryl/α,β-unsaturated/α-hetero) is 2. The highest BCUT2D eigenvalue weighted by Crippen LogP contribution is 2.47. The molecule has 5 aliphatic rings. The number of phenolic OH excluding ortho intramolecular Hbond substituents is 1. The number of fused-ring (bicyclic) bond motifs is 2. The standard InChI is InChI=1S/C46H48N4O5/c51-36-12-16-39-33(26-36)8-14-38(31-4-2-1-3-5-31)44(39)32-6-9-34(10-7-32)48-20-18-30(19-21-48)29-47-22-24-49(25-23-47)35-11-15-40-41(27-35)46(55)50(45(40)54)42-17-13-37(52)28-43(42)53/h1-7,9-12,15-16,26-27,30,38,42,44,51H,8,13-14,17-25,28-29H2/t38-,42?,44+/m0/s1. The van der Waals surface area contributed by atoms with Crippen molar-refractivity contribution in [2.24, 2.45) is 5.92 Å². The molecule has 2 saturated heterocycles. The summed E-state index contributed by atoms with van der Waals surface area (Å²) in [6.45, 7) is 6.75. The number of rotatable bonds is 7. The van der Waals surface area contributed by atoms with Crippen molar-refractivity contribution >= 4 is 34.8 Å². The number of ketones is 2.